The van der Waals surface area contributed by atoms with E-state index in [4.69, 9.17) is 14.2 Å². The van der Waals surface area contributed by atoms with Crippen LogP contribution in [0.25, 0.3) is 0 Å². The van der Waals surface area contributed by atoms with Crippen molar-refractivity contribution in [2.24, 2.45) is 0 Å². The normalized spacial score (nSPS) is 21.0. The van der Waals surface area contributed by atoms with E-state index < -0.39 is 10.0 Å². The van der Waals surface area contributed by atoms with Gasteiger partial charge in [0.15, 0.2) is 11.5 Å². The van der Waals surface area contributed by atoms with Gasteiger partial charge in [0, 0.05) is 43.9 Å². The van der Waals surface area contributed by atoms with Crippen LogP contribution in [0, 0.1) is 0 Å². The van der Waals surface area contributed by atoms with Crippen LogP contribution in [0.4, 0.5) is 0 Å². The van der Waals surface area contributed by atoms with Gasteiger partial charge < -0.3 is 14.2 Å². The van der Waals surface area contributed by atoms with Crippen LogP contribution in [-0.2, 0) is 21.3 Å². The molecule has 1 atom stereocenters. The fourth-order valence-corrected chi connectivity index (χ4v) is 4.66. The summed E-state index contributed by atoms with van der Waals surface area (Å²) in [6.07, 6.45) is 4.08. The highest BCUT2D eigenvalue weighted by atomic mass is 32.2. The summed E-state index contributed by atoms with van der Waals surface area (Å²) in [5.74, 6) is 1.06. The third kappa shape index (κ3) is 3.67. The third-order valence-electron chi connectivity index (χ3n) is 4.73. The van der Waals surface area contributed by atoms with Gasteiger partial charge in [0.25, 0.3) is 0 Å². The molecule has 2 aliphatic heterocycles. The molecule has 2 aliphatic rings. The molecule has 2 aromatic rings. The highest BCUT2D eigenvalue weighted by molar-refractivity contribution is 7.89. The first-order valence-corrected chi connectivity index (χ1v) is 10.6. The number of aryl methyl sites for hydroxylation is 1. The van der Waals surface area contributed by atoms with Crippen molar-refractivity contribution >= 4 is 10.0 Å². The predicted octanol–water partition coefficient (Wildman–Crippen LogP) is 1.83. The van der Waals surface area contributed by atoms with Crippen molar-refractivity contribution in [2.45, 2.75) is 30.9 Å². The molecule has 1 saturated heterocycles. The average Bonchev–Trinajstić information content (AvgIpc) is 3.06. The summed E-state index contributed by atoms with van der Waals surface area (Å²) in [5.41, 5.74) is 0.885. The summed E-state index contributed by atoms with van der Waals surface area (Å²) in [7, 11) is -3.66. The maximum Gasteiger partial charge on any atom is 0.243 e. The molecule has 0 bridgehead atoms. The average molecular weight is 393 g/mol. The van der Waals surface area contributed by atoms with E-state index in [0.29, 0.717) is 37.9 Å². The summed E-state index contributed by atoms with van der Waals surface area (Å²) in [6, 6.07) is 4.79. The molecule has 0 amide bonds. The molecule has 1 fully saturated rings. The molecule has 3 heterocycles. The zero-order valence-electron chi connectivity index (χ0n) is 15.2. The first kappa shape index (κ1) is 18.3. The maximum absolute atomic E-state index is 13.2. The molecule has 1 aromatic heterocycles. The molecule has 0 unspecified atom stereocenters. The van der Waals surface area contributed by atoms with Crippen LogP contribution in [0.2, 0.25) is 0 Å². The fraction of sp³-hybridized carbons (Fsp3) is 0.500. The maximum atomic E-state index is 13.2. The Morgan fingerprint density at radius 3 is 2.78 bits per heavy atom. The number of sulfonamides is 1. The Hall–Kier alpha value is -2.10. The van der Waals surface area contributed by atoms with E-state index in [1.165, 1.54) is 4.31 Å². The van der Waals surface area contributed by atoms with Crippen LogP contribution in [0.5, 0.6) is 11.5 Å². The van der Waals surface area contributed by atoms with Crippen LogP contribution in [0.1, 0.15) is 25.0 Å². The lowest BCUT2D eigenvalue weighted by Crippen LogP contribution is -2.42. The van der Waals surface area contributed by atoms with E-state index in [2.05, 4.69) is 5.10 Å². The van der Waals surface area contributed by atoms with Gasteiger partial charge in [-0.15, -0.1) is 0 Å². The predicted molar refractivity (Wildman–Crippen MR) is 97.4 cm³/mol. The van der Waals surface area contributed by atoms with Gasteiger partial charge in [0.05, 0.1) is 37.0 Å². The Morgan fingerprint density at radius 1 is 1.19 bits per heavy atom. The van der Waals surface area contributed by atoms with Gasteiger partial charge in [0.1, 0.15) is 0 Å². The Labute approximate surface area is 158 Å². The Kier molecular flexibility index (Phi) is 5.07. The molecule has 0 aliphatic carbocycles. The lowest BCUT2D eigenvalue weighted by Gasteiger charge is -2.31. The van der Waals surface area contributed by atoms with Crippen molar-refractivity contribution < 1.29 is 22.6 Å². The van der Waals surface area contributed by atoms with Crippen LogP contribution in [-0.4, -0.2) is 55.4 Å². The monoisotopic (exact) mass is 393 g/mol. The number of hydrogen-bond acceptors (Lipinski definition) is 6. The minimum Gasteiger partial charge on any atom is -0.490 e. The van der Waals surface area contributed by atoms with Crippen molar-refractivity contribution in [3.8, 4) is 11.5 Å². The molecule has 8 nitrogen and oxygen atoms in total. The molecule has 4 rings (SSSR count). The van der Waals surface area contributed by atoms with Crippen molar-refractivity contribution in [3.05, 3.63) is 36.2 Å². The second-order valence-electron chi connectivity index (χ2n) is 6.51. The van der Waals surface area contributed by atoms with Crippen molar-refractivity contribution in [2.75, 3.05) is 32.9 Å². The number of aromatic nitrogens is 2. The second-order valence-corrected chi connectivity index (χ2v) is 8.45. The Bertz CT molecular complexity index is 911. The van der Waals surface area contributed by atoms with Gasteiger partial charge in [-0.05, 0) is 19.1 Å². The summed E-state index contributed by atoms with van der Waals surface area (Å²) in [5, 5.41) is 4.25. The van der Waals surface area contributed by atoms with E-state index in [9.17, 15) is 8.42 Å². The first-order valence-electron chi connectivity index (χ1n) is 9.11. The van der Waals surface area contributed by atoms with E-state index >= 15 is 0 Å². The number of nitrogens with zero attached hydrogens (tertiary/aromatic N) is 3. The molecule has 9 heteroatoms. The summed E-state index contributed by atoms with van der Waals surface area (Å²) < 4.78 is 46.6. The van der Waals surface area contributed by atoms with Crippen molar-refractivity contribution in [1.82, 2.24) is 14.1 Å². The van der Waals surface area contributed by atoms with Crippen LogP contribution < -0.4 is 9.47 Å². The van der Waals surface area contributed by atoms with Gasteiger partial charge in [-0.25, -0.2) is 8.42 Å². The molecular formula is C18H23N3O5S. The van der Waals surface area contributed by atoms with Crippen LogP contribution in [0.15, 0.2) is 35.5 Å². The largest absolute Gasteiger partial charge is 0.490 e. The number of morpholine rings is 1. The van der Waals surface area contributed by atoms with Crippen molar-refractivity contribution in [3.63, 3.8) is 0 Å². The first-order chi connectivity index (χ1) is 13.1. The number of rotatable bonds is 4. The van der Waals surface area contributed by atoms with Gasteiger partial charge in [-0.2, -0.15) is 9.40 Å². The molecule has 146 valence electrons. The van der Waals surface area contributed by atoms with Crippen molar-refractivity contribution in [1.29, 1.82) is 0 Å². The minimum absolute atomic E-state index is 0.205. The molecule has 0 N–H and O–H groups in total. The molecular weight excluding hydrogens is 370 g/mol. The van der Waals surface area contributed by atoms with E-state index in [0.717, 1.165) is 18.5 Å². The number of fused-ring (bicyclic) bond motifs is 1. The zero-order chi connectivity index (χ0) is 18.9. The standard InChI is InChI=1S/C18H23N3O5S/c1-2-20-12-14(11-19-20)18-13-21(6-9-26-18)27(22,23)15-4-5-16-17(10-15)25-8-3-7-24-16/h4-5,10-12,18H,2-3,6-9,13H2,1H3/t18-/m0/s1. The lowest BCUT2D eigenvalue weighted by molar-refractivity contribution is -0.00260. The summed E-state index contributed by atoms with van der Waals surface area (Å²) >= 11 is 0. The molecule has 27 heavy (non-hydrogen) atoms. The molecule has 0 spiro atoms. The van der Waals surface area contributed by atoms with Gasteiger partial charge in [-0.3, -0.25) is 4.68 Å². The molecule has 1 aromatic carbocycles. The Morgan fingerprint density at radius 2 is 2.00 bits per heavy atom. The minimum atomic E-state index is -3.66. The quantitative estimate of drug-likeness (QED) is 0.788. The SMILES string of the molecule is CCn1cc([C@@H]2CN(S(=O)(=O)c3ccc4c(c3)OCCCO4)CCO2)cn1. The summed E-state index contributed by atoms with van der Waals surface area (Å²) in [6.45, 7) is 4.74. The number of hydrogen-bond donors (Lipinski definition) is 0. The highest BCUT2D eigenvalue weighted by Gasteiger charge is 2.32. The van der Waals surface area contributed by atoms with Crippen LogP contribution >= 0.6 is 0 Å². The third-order valence-corrected chi connectivity index (χ3v) is 6.60. The summed E-state index contributed by atoms with van der Waals surface area (Å²) in [4.78, 5) is 0.205. The molecule has 0 saturated carbocycles. The Balaban J connectivity index is 1.57. The van der Waals surface area contributed by atoms with E-state index in [1.54, 1.807) is 29.1 Å². The van der Waals surface area contributed by atoms with E-state index in [1.807, 2.05) is 13.1 Å². The smallest absolute Gasteiger partial charge is 0.243 e. The van der Waals surface area contributed by atoms with E-state index in [-0.39, 0.29) is 17.5 Å². The van der Waals surface area contributed by atoms with Crippen LogP contribution in [0.3, 0.4) is 0 Å². The topological polar surface area (TPSA) is 82.9 Å². The molecule has 0 radical (unpaired) electrons. The van der Waals surface area contributed by atoms with Gasteiger partial charge >= 0.3 is 0 Å². The lowest BCUT2D eigenvalue weighted by atomic mass is 10.2. The zero-order valence-corrected chi connectivity index (χ0v) is 16.0. The number of benzene rings is 1. The van der Waals surface area contributed by atoms with Gasteiger partial charge in [0.2, 0.25) is 10.0 Å². The number of ether oxygens (including phenoxy) is 3. The second kappa shape index (κ2) is 7.49. The highest BCUT2D eigenvalue weighted by Crippen LogP contribution is 2.34. The fourth-order valence-electron chi connectivity index (χ4n) is 3.22. The van der Waals surface area contributed by atoms with Gasteiger partial charge in [-0.1, -0.05) is 0 Å².